The molecule has 5 heteroatoms. The molecule has 0 aliphatic carbocycles. The van der Waals surface area contributed by atoms with Gasteiger partial charge < -0.3 is 20.7 Å². The molecule has 0 saturated carbocycles. The molecule has 0 aliphatic heterocycles. The van der Waals surface area contributed by atoms with E-state index in [1.54, 1.807) is 12.1 Å². The number of hydrogen-bond acceptors (Lipinski definition) is 2. The molecule has 0 atom stereocenters. The van der Waals surface area contributed by atoms with Gasteiger partial charge in [0.15, 0.2) is 0 Å². The average molecular weight is 1110 g/mol. The SMILES string of the molecule is CCCCCCCCCCCCCCCCCCCCc1ccc(B([O-])[O-])cc1.CCCCCCCCCCCC[NH2+]CCCCCCCCCCCC.CCCCCCCCCCCC[NH2+]CCCCCCCCCCCC. The lowest BCUT2D eigenvalue weighted by molar-refractivity contribution is -0.655. The fourth-order valence-electron chi connectivity index (χ4n) is 11.5. The molecule has 0 spiro atoms. The molecule has 0 heterocycles. The third-order valence-electron chi connectivity index (χ3n) is 17.1. The first kappa shape index (κ1) is 80.2. The van der Waals surface area contributed by atoms with Crippen molar-refractivity contribution in [1.29, 1.82) is 0 Å². The summed E-state index contributed by atoms with van der Waals surface area (Å²) in [5, 5.41) is 26.8. The Morgan fingerprint density at radius 3 is 0.570 bits per heavy atom. The highest BCUT2D eigenvalue weighted by molar-refractivity contribution is 6.55. The second-order valence-corrected chi connectivity index (χ2v) is 25.3. The Morgan fingerprint density at radius 2 is 0.392 bits per heavy atom. The minimum absolute atomic E-state index is 0.353. The normalized spacial score (nSPS) is 11.2. The van der Waals surface area contributed by atoms with Gasteiger partial charge >= 0.3 is 0 Å². The maximum Gasteiger partial charge on any atom is 0.0755 e. The summed E-state index contributed by atoms with van der Waals surface area (Å²) in [6, 6.07) is 7.25. The molecule has 0 bridgehead atoms. The second-order valence-electron chi connectivity index (χ2n) is 25.3. The molecule has 0 saturated heterocycles. The minimum Gasteiger partial charge on any atom is -0.889 e. The highest BCUT2D eigenvalue weighted by Gasteiger charge is 2.01. The molecular formula is C74H149BN2O2. The van der Waals surface area contributed by atoms with Gasteiger partial charge in [0.25, 0.3) is 0 Å². The molecule has 79 heavy (non-hydrogen) atoms. The summed E-state index contributed by atoms with van der Waals surface area (Å²) in [4.78, 5) is 0. The summed E-state index contributed by atoms with van der Waals surface area (Å²) >= 11 is 0. The van der Waals surface area contributed by atoms with Gasteiger partial charge in [-0.25, -0.2) is 0 Å². The number of nitrogens with two attached hydrogens (primary N) is 2. The van der Waals surface area contributed by atoms with Gasteiger partial charge in [-0.05, 0) is 69.8 Å². The molecule has 4 N–H and O–H groups in total. The summed E-state index contributed by atoms with van der Waals surface area (Å²) in [5.74, 6) is 0. The highest BCUT2D eigenvalue weighted by atomic mass is 16.4. The van der Waals surface area contributed by atoms with Crippen molar-refractivity contribution in [3.05, 3.63) is 29.8 Å². The van der Waals surface area contributed by atoms with Gasteiger partial charge in [0, 0.05) is 0 Å². The lowest BCUT2D eigenvalue weighted by Gasteiger charge is -2.26. The van der Waals surface area contributed by atoms with E-state index in [2.05, 4.69) is 45.3 Å². The van der Waals surface area contributed by atoms with Crippen LogP contribution in [-0.4, -0.2) is 33.3 Å². The topological polar surface area (TPSA) is 79.3 Å². The average Bonchev–Trinajstić information content (AvgIpc) is 3.46. The van der Waals surface area contributed by atoms with E-state index in [4.69, 9.17) is 0 Å². The predicted octanol–water partition coefficient (Wildman–Crippen LogP) is 20.5. The minimum atomic E-state index is -1.85. The zero-order chi connectivity index (χ0) is 57.5. The summed E-state index contributed by atoms with van der Waals surface area (Å²) in [7, 11) is -1.85. The van der Waals surface area contributed by atoms with Gasteiger partial charge in [0.2, 0.25) is 0 Å². The largest absolute Gasteiger partial charge is 0.889 e. The van der Waals surface area contributed by atoms with Gasteiger partial charge in [-0.2, -0.15) is 0 Å². The fraction of sp³-hybridized carbons (Fsp3) is 0.919. The van der Waals surface area contributed by atoms with Crippen molar-refractivity contribution in [1.82, 2.24) is 0 Å². The first-order valence-electron chi connectivity index (χ1n) is 37.1. The van der Waals surface area contributed by atoms with E-state index in [1.165, 1.54) is 404 Å². The standard InChI is InChI=1S/C26H45BO2.2C24H51N/c1-2-3-4-5-6-7-8-9-10-11-12-13-14-15-16-17-18-19-20-25-21-23-26(24-22-25)27(28)29;2*1-3-5-7-9-11-13-15-17-19-21-23-25-24-22-20-18-16-14-12-10-8-6-4-2/h21-24H,2-20H2,1H3;2*25H,3-24H2,1-2H3/q-2;;/p+2. The van der Waals surface area contributed by atoms with Crippen molar-refractivity contribution in [3.63, 3.8) is 0 Å². The molecule has 1 aromatic rings. The monoisotopic (exact) mass is 1110 g/mol. The molecule has 470 valence electrons. The molecule has 4 nitrogen and oxygen atoms in total. The van der Waals surface area contributed by atoms with Gasteiger partial charge in [-0.1, -0.05) is 381 Å². The van der Waals surface area contributed by atoms with Crippen LogP contribution in [0.15, 0.2) is 24.3 Å². The highest BCUT2D eigenvalue weighted by Crippen LogP contribution is 2.17. The van der Waals surface area contributed by atoms with Gasteiger partial charge in [0.05, 0.1) is 26.2 Å². The number of aryl methyl sites for hydroxylation is 1. The Bertz CT molecular complexity index is 1070. The predicted molar refractivity (Wildman–Crippen MR) is 355 cm³/mol. The van der Waals surface area contributed by atoms with Crippen LogP contribution in [0.25, 0.3) is 0 Å². The third-order valence-corrected chi connectivity index (χ3v) is 17.1. The maximum absolute atomic E-state index is 10.8. The molecule has 0 aromatic heterocycles. The first-order chi connectivity index (χ1) is 39.1. The van der Waals surface area contributed by atoms with Crippen LogP contribution in [0.5, 0.6) is 0 Å². The quantitative estimate of drug-likeness (QED) is 0.0503. The zero-order valence-electron chi connectivity index (χ0n) is 55.4. The van der Waals surface area contributed by atoms with E-state index in [0.29, 0.717) is 5.46 Å². The number of quaternary nitrogens is 2. The molecule has 1 aromatic carbocycles. The van der Waals surface area contributed by atoms with Crippen LogP contribution in [0.3, 0.4) is 0 Å². The van der Waals surface area contributed by atoms with Crippen LogP contribution in [0, 0.1) is 0 Å². The molecule has 0 fully saturated rings. The van der Waals surface area contributed by atoms with Crippen LogP contribution in [0.2, 0.25) is 0 Å². The molecular weight excluding hydrogens is 960 g/mol. The number of unbranched alkanes of at least 4 members (excludes halogenated alkanes) is 53. The Kier molecular flexibility index (Phi) is 76.3. The number of rotatable bonds is 64. The Hall–Kier alpha value is -0.875. The van der Waals surface area contributed by atoms with Gasteiger partial charge in [0.1, 0.15) is 0 Å². The van der Waals surface area contributed by atoms with E-state index in [0.717, 1.165) is 6.42 Å². The van der Waals surface area contributed by atoms with Gasteiger partial charge in [-0.15, -0.1) is 5.46 Å². The van der Waals surface area contributed by atoms with E-state index in [-0.39, 0.29) is 0 Å². The lowest BCUT2D eigenvalue weighted by atomic mass is 9.80. The summed E-state index contributed by atoms with van der Waals surface area (Å²) in [6.07, 6.45) is 84.4. The van der Waals surface area contributed by atoms with Crippen molar-refractivity contribution in [2.75, 3.05) is 26.2 Å². The Balaban J connectivity index is 0. The molecule has 0 amide bonds. The van der Waals surface area contributed by atoms with Crippen LogP contribution in [-0.2, 0) is 6.42 Å². The van der Waals surface area contributed by atoms with Crippen molar-refractivity contribution in [3.8, 4) is 0 Å². The zero-order valence-corrected chi connectivity index (χ0v) is 55.4. The molecule has 0 aliphatic rings. The smallest absolute Gasteiger partial charge is 0.0755 e. The summed E-state index contributed by atoms with van der Waals surface area (Å²) < 4.78 is 0. The molecule has 0 unspecified atom stereocenters. The van der Waals surface area contributed by atoms with Gasteiger partial charge in [-0.3, -0.25) is 0 Å². The lowest BCUT2D eigenvalue weighted by Crippen LogP contribution is -2.84. The van der Waals surface area contributed by atoms with Crippen LogP contribution in [0.4, 0.5) is 0 Å². The number of benzene rings is 1. The first-order valence-corrected chi connectivity index (χ1v) is 37.1. The van der Waals surface area contributed by atoms with Crippen molar-refractivity contribution < 1.29 is 20.7 Å². The Morgan fingerprint density at radius 1 is 0.228 bits per heavy atom. The van der Waals surface area contributed by atoms with Crippen LogP contribution in [0.1, 0.15) is 413 Å². The molecule has 1 rings (SSSR count). The number of hydrogen-bond donors (Lipinski definition) is 2. The third kappa shape index (κ3) is 73.2. The van der Waals surface area contributed by atoms with Crippen molar-refractivity contribution in [2.24, 2.45) is 0 Å². The Labute approximate surface area is 500 Å². The van der Waals surface area contributed by atoms with Crippen molar-refractivity contribution in [2.45, 2.75) is 413 Å². The van der Waals surface area contributed by atoms with E-state index in [9.17, 15) is 10.0 Å². The van der Waals surface area contributed by atoms with E-state index in [1.807, 2.05) is 12.1 Å². The van der Waals surface area contributed by atoms with Crippen molar-refractivity contribution >= 4 is 12.6 Å². The summed E-state index contributed by atoms with van der Waals surface area (Å²) in [6.45, 7) is 17.0. The second kappa shape index (κ2) is 75.1. The maximum atomic E-state index is 10.8. The van der Waals surface area contributed by atoms with Crippen LogP contribution >= 0.6 is 0 Å². The fourth-order valence-corrected chi connectivity index (χ4v) is 11.5. The van der Waals surface area contributed by atoms with E-state index < -0.39 is 7.12 Å². The molecule has 0 radical (unpaired) electrons. The van der Waals surface area contributed by atoms with Crippen LogP contribution < -0.4 is 26.1 Å². The summed E-state index contributed by atoms with van der Waals surface area (Å²) in [5.41, 5.74) is 1.59. The van der Waals surface area contributed by atoms with E-state index >= 15 is 0 Å².